The topological polar surface area (TPSA) is 40.5 Å². The summed E-state index contributed by atoms with van der Waals surface area (Å²) < 4.78 is 0. The summed E-state index contributed by atoms with van der Waals surface area (Å²) in [5.41, 5.74) is 2.08. The minimum Gasteiger partial charge on any atom is -1.00 e. The predicted molar refractivity (Wildman–Crippen MR) is 99.4 cm³/mol. The van der Waals surface area contributed by atoms with E-state index in [0.29, 0.717) is 27.8 Å². The van der Waals surface area contributed by atoms with E-state index in [1.807, 2.05) is 23.1 Å². The van der Waals surface area contributed by atoms with Crippen LogP contribution in [0.15, 0.2) is 55.1 Å². The van der Waals surface area contributed by atoms with Gasteiger partial charge in [0.05, 0.1) is 22.2 Å². The zero-order valence-electron chi connectivity index (χ0n) is 14.5. The van der Waals surface area contributed by atoms with Crippen molar-refractivity contribution in [2.45, 2.75) is 6.42 Å². The molecule has 2 aromatic rings. The van der Waals surface area contributed by atoms with Gasteiger partial charge in [0.25, 0.3) is 0 Å². The molecule has 1 N–H and O–H groups in total. The Kier molecular flexibility index (Phi) is 8.45. The summed E-state index contributed by atoms with van der Waals surface area (Å²) in [5.74, 6) is -0.892. The van der Waals surface area contributed by atoms with Gasteiger partial charge in [-0.05, 0) is 23.8 Å². The Labute approximate surface area is 178 Å². The number of aliphatic carboxylic acids is 1. The van der Waals surface area contributed by atoms with Gasteiger partial charge in [-0.25, -0.2) is 0 Å². The number of carbonyl (C=O) groups is 1. The van der Waals surface area contributed by atoms with Gasteiger partial charge >= 0.3 is 43.7 Å². The van der Waals surface area contributed by atoms with Crippen molar-refractivity contribution in [3.05, 3.63) is 70.7 Å². The van der Waals surface area contributed by atoms with Gasteiger partial charge < -0.3 is 12.9 Å². The predicted octanol–water partition coefficient (Wildman–Crippen LogP) is 4.79. The number of carboxylic acids is 1. The van der Waals surface area contributed by atoms with Crippen molar-refractivity contribution >= 4 is 78.3 Å². The molecule has 23 heavy (non-hydrogen) atoms. The molecule has 0 spiro atoms. The van der Waals surface area contributed by atoms with Crippen LogP contribution in [-0.4, -0.2) is 55.4 Å². The maximum absolute atomic E-state index is 11.1. The molecule has 0 atom stereocenters. The number of carboxylic acid groups (broad SMARTS) is 1. The van der Waals surface area contributed by atoms with E-state index in [4.69, 9.17) is 28.3 Å². The number of anilines is 2. The van der Waals surface area contributed by atoms with Crippen LogP contribution in [0, 0.1) is 0 Å². The normalized spacial score (nSPS) is 9.83. The quantitative estimate of drug-likeness (QED) is 0.581. The van der Waals surface area contributed by atoms with E-state index in [1.54, 1.807) is 30.3 Å². The first kappa shape index (κ1) is 20.3. The van der Waals surface area contributed by atoms with Gasteiger partial charge in [-0.15, -0.1) is 6.58 Å². The van der Waals surface area contributed by atoms with Crippen molar-refractivity contribution in [1.82, 2.24) is 0 Å². The van der Waals surface area contributed by atoms with E-state index in [-0.39, 0.29) is 47.0 Å². The molecule has 6 heteroatoms. The standard InChI is InChI=1S/C17H15Cl2NO2.Ca.2H/c1-2-10-20(17-13(18)7-5-8-14(17)19)15-9-4-3-6-12(15)11-16(21)22;;;/h2-9H,1,10-11H2,(H,21,22);;;/q;+2;2*-1. The Balaban J connectivity index is 0. The number of nitrogens with zero attached hydrogens (tertiary/aromatic N) is 1. The Morgan fingerprint density at radius 1 is 1.17 bits per heavy atom. The Morgan fingerprint density at radius 2 is 1.78 bits per heavy atom. The first-order valence-electron chi connectivity index (χ1n) is 6.66. The van der Waals surface area contributed by atoms with Crippen LogP contribution in [0.25, 0.3) is 0 Å². The number of hydrogen-bond donors (Lipinski definition) is 1. The average Bonchev–Trinajstić information content (AvgIpc) is 2.46. The van der Waals surface area contributed by atoms with Gasteiger partial charge in [0.2, 0.25) is 0 Å². The van der Waals surface area contributed by atoms with Crippen molar-refractivity contribution in [2.24, 2.45) is 0 Å². The molecule has 3 nitrogen and oxygen atoms in total. The molecular formula is C17H17CaCl2NO2. The number of para-hydroxylation sites is 2. The fourth-order valence-electron chi connectivity index (χ4n) is 2.27. The summed E-state index contributed by atoms with van der Waals surface area (Å²) in [5, 5.41) is 10.1. The molecule has 118 valence electrons. The monoisotopic (exact) mass is 377 g/mol. The third-order valence-electron chi connectivity index (χ3n) is 3.14. The van der Waals surface area contributed by atoms with E-state index < -0.39 is 5.97 Å². The van der Waals surface area contributed by atoms with Gasteiger partial charge in [0.1, 0.15) is 0 Å². The van der Waals surface area contributed by atoms with Crippen molar-refractivity contribution in [2.75, 3.05) is 11.4 Å². The van der Waals surface area contributed by atoms with Crippen LogP contribution >= 0.6 is 23.2 Å². The fraction of sp³-hybridized carbons (Fsp3) is 0.118. The SMILES string of the molecule is C=CCN(c1ccccc1CC(=O)O)c1c(Cl)cccc1Cl.[Ca+2].[H-].[H-]. The van der Waals surface area contributed by atoms with Gasteiger partial charge in [-0.2, -0.15) is 0 Å². The van der Waals surface area contributed by atoms with Gasteiger partial charge in [-0.3, -0.25) is 4.79 Å². The molecule has 0 saturated heterocycles. The molecule has 0 fully saturated rings. The summed E-state index contributed by atoms with van der Waals surface area (Å²) in [6.07, 6.45) is 1.64. The zero-order chi connectivity index (χ0) is 16.1. The van der Waals surface area contributed by atoms with Crippen molar-refractivity contribution in [3.8, 4) is 0 Å². The summed E-state index contributed by atoms with van der Waals surface area (Å²) in [6, 6.07) is 12.6. The van der Waals surface area contributed by atoms with Crippen LogP contribution < -0.4 is 4.90 Å². The smallest absolute Gasteiger partial charge is 1.00 e. The second-order valence-electron chi connectivity index (χ2n) is 4.67. The maximum atomic E-state index is 11.1. The van der Waals surface area contributed by atoms with Crippen molar-refractivity contribution in [1.29, 1.82) is 0 Å². The molecule has 0 amide bonds. The average molecular weight is 378 g/mol. The fourth-order valence-corrected chi connectivity index (χ4v) is 2.87. The van der Waals surface area contributed by atoms with Gasteiger partial charge in [-0.1, -0.05) is 53.5 Å². The first-order chi connectivity index (χ1) is 10.5. The summed E-state index contributed by atoms with van der Waals surface area (Å²) >= 11 is 12.6. The molecule has 0 radical (unpaired) electrons. The van der Waals surface area contributed by atoms with Gasteiger partial charge in [0, 0.05) is 12.2 Å². The third kappa shape index (κ3) is 5.13. The second-order valence-corrected chi connectivity index (χ2v) is 5.48. The molecule has 0 aliphatic carbocycles. The van der Waals surface area contributed by atoms with Crippen LogP contribution in [0.2, 0.25) is 10.0 Å². The van der Waals surface area contributed by atoms with E-state index in [1.165, 1.54) is 0 Å². The molecule has 0 unspecified atom stereocenters. The van der Waals surface area contributed by atoms with E-state index >= 15 is 0 Å². The molecule has 0 heterocycles. The maximum Gasteiger partial charge on any atom is 2.00 e. The molecule has 0 aliphatic heterocycles. The van der Waals surface area contributed by atoms with E-state index in [0.717, 1.165) is 5.69 Å². The van der Waals surface area contributed by atoms with Crippen LogP contribution in [0.1, 0.15) is 8.42 Å². The Hall–Kier alpha value is -0.710. The summed E-state index contributed by atoms with van der Waals surface area (Å²) in [6.45, 7) is 4.22. The van der Waals surface area contributed by atoms with Crippen LogP contribution in [0.5, 0.6) is 0 Å². The molecule has 2 aromatic carbocycles. The van der Waals surface area contributed by atoms with E-state index in [2.05, 4.69) is 6.58 Å². The Morgan fingerprint density at radius 3 is 2.35 bits per heavy atom. The minimum atomic E-state index is -0.892. The van der Waals surface area contributed by atoms with E-state index in [9.17, 15) is 4.79 Å². The summed E-state index contributed by atoms with van der Waals surface area (Å²) in [4.78, 5) is 13.0. The van der Waals surface area contributed by atoms with Gasteiger partial charge in [0.15, 0.2) is 0 Å². The van der Waals surface area contributed by atoms with Crippen LogP contribution in [0.3, 0.4) is 0 Å². The second kappa shape index (κ2) is 9.55. The number of halogens is 2. The molecule has 2 rings (SSSR count). The molecular weight excluding hydrogens is 361 g/mol. The van der Waals surface area contributed by atoms with Crippen molar-refractivity contribution < 1.29 is 12.8 Å². The molecule has 0 aliphatic rings. The van der Waals surface area contributed by atoms with Crippen molar-refractivity contribution in [3.63, 3.8) is 0 Å². The van der Waals surface area contributed by atoms with Crippen LogP contribution in [-0.2, 0) is 11.2 Å². The number of hydrogen-bond acceptors (Lipinski definition) is 2. The number of rotatable bonds is 6. The minimum absolute atomic E-state index is 0. The molecule has 0 saturated carbocycles. The molecule has 0 aromatic heterocycles. The number of benzene rings is 2. The summed E-state index contributed by atoms with van der Waals surface area (Å²) in [7, 11) is 0. The first-order valence-corrected chi connectivity index (χ1v) is 7.42. The van der Waals surface area contributed by atoms with Crippen LogP contribution in [0.4, 0.5) is 11.4 Å². The molecule has 0 bridgehead atoms. The Bertz CT molecular complexity index is 697. The largest absolute Gasteiger partial charge is 2.00 e. The zero-order valence-corrected chi connectivity index (χ0v) is 16.2. The third-order valence-corrected chi connectivity index (χ3v) is 3.75.